The summed E-state index contributed by atoms with van der Waals surface area (Å²) in [5, 5.41) is 0. The molecule has 1 rings (SSSR count). The van der Waals surface area contributed by atoms with E-state index in [1.165, 1.54) is 0 Å². The number of rotatable bonds is 2. The van der Waals surface area contributed by atoms with E-state index in [1.807, 2.05) is 13.8 Å². The summed E-state index contributed by atoms with van der Waals surface area (Å²) in [6, 6.07) is 0. The van der Waals surface area contributed by atoms with Crippen LogP contribution in [0.1, 0.15) is 20.3 Å². The van der Waals surface area contributed by atoms with E-state index < -0.39 is 0 Å². The smallest absolute Gasteiger partial charge is 0.170 e. The van der Waals surface area contributed by atoms with Gasteiger partial charge in [-0.25, -0.2) is 0 Å². The van der Waals surface area contributed by atoms with Gasteiger partial charge >= 0.3 is 0 Å². The molecule has 0 bridgehead atoms. The molecule has 1 saturated heterocycles. The van der Waals surface area contributed by atoms with Crippen molar-refractivity contribution in [1.82, 2.24) is 0 Å². The van der Waals surface area contributed by atoms with Crippen molar-refractivity contribution in [2.24, 2.45) is 0 Å². The zero-order valence-electron chi connectivity index (χ0n) is 6.34. The van der Waals surface area contributed by atoms with Crippen LogP contribution in [-0.4, -0.2) is 23.8 Å². The number of ether oxygens (including phenoxy) is 2. The maximum absolute atomic E-state index is 5.45. The lowest BCUT2D eigenvalue weighted by atomic mass is 10.3. The minimum Gasteiger partial charge on any atom is -0.351 e. The van der Waals surface area contributed by atoms with Crippen molar-refractivity contribution >= 4 is 15.9 Å². The number of hydrogen-bond acceptors (Lipinski definition) is 2. The van der Waals surface area contributed by atoms with Crippen LogP contribution in [0.15, 0.2) is 0 Å². The minimum absolute atomic E-state index is 0.0278. The molecule has 0 N–H and O–H groups in total. The Balaban J connectivity index is 2.26. The molecule has 0 saturated carbocycles. The maximum atomic E-state index is 5.45. The second kappa shape index (κ2) is 3.69. The standard InChI is InChI=1S/C7H13BrO2/c1-5(2)10-7-6(8)3-4-9-7/h5-7H,3-4H2,1-2H3. The Morgan fingerprint density at radius 1 is 1.60 bits per heavy atom. The summed E-state index contributed by atoms with van der Waals surface area (Å²) in [4.78, 5) is 0.384. The van der Waals surface area contributed by atoms with Crippen molar-refractivity contribution in [3.05, 3.63) is 0 Å². The van der Waals surface area contributed by atoms with Crippen LogP contribution >= 0.6 is 15.9 Å². The molecule has 0 aliphatic carbocycles. The van der Waals surface area contributed by atoms with E-state index in [1.54, 1.807) is 0 Å². The molecule has 3 heteroatoms. The van der Waals surface area contributed by atoms with Gasteiger partial charge < -0.3 is 9.47 Å². The predicted octanol–water partition coefficient (Wildman–Crippen LogP) is 1.92. The third-order valence-corrected chi connectivity index (χ3v) is 2.27. The van der Waals surface area contributed by atoms with Gasteiger partial charge in [-0.3, -0.25) is 0 Å². The molecule has 1 aliphatic heterocycles. The maximum Gasteiger partial charge on any atom is 0.170 e. The first kappa shape index (κ1) is 8.50. The van der Waals surface area contributed by atoms with Gasteiger partial charge in [0.2, 0.25) is 0 Å². The summed E-state index contributed by atoms with van der Waals surface area (Å²) >= 11 is 3.48. The van der Waals surface area contributed by atoms with E-state index in [0.29, 0.717) is 4.83 Å². The van der Waals surface area contributed by atoms with Gasteiger partial charge in [-0.2, -0.15) is 0 Å². The Labute approximate surface area is 70.0 Å². The first-order valence-electron chi connectivity index (χ1n) is 3.61. The molecule has 0 radical (unpaired) electrons. The highest BCUT2D eigenvalue weighted by Crippen LogP contribution is 2.22. The van der Waals surface area contributed by atoms with Crippen molar-refractivity contribution in [2.45, 2.75) is 37.5 Å². The van der Waals surface area contributed by atoms with Crippen LogP contribution in [0.5, 0.6) is 0 Å². The predicted molar refractivity (Wildman–Crippen MR) is 43.3 cm³/mol. The Hall–Kier alpha value is 0.400. The van der Waals surface area contributed by atoms with Gasteiger partial charge in [0.15, 0.2) is 6.29 Å². The highest BCUT2D eigenvalue weighted by atomic mass is 79.9. The molecule has 0 amide bonds. The van der Waals surface area contributed by atoms with Gasteiger partial charge in [0.1, 0.15) is 0 Å². The number of halogens is 1. The summed E-state index contributed by atoms with van der Waals surface area (Å²) in [7, 11) is 0. The van der Waals surface area contributed by atoms with Crippen LogP contribution in [0.3, 0.4) is 0 Å². The summed E-state index contributed by atoms with van der Waals surface area (Å²) in [6.07, 6.45) is 1.28. The first-order chi connectivity index (χ1) is 4.70. The highest BCUT2D eigenvalue weighted by Gasteiger charge is 2.26. The Morgan fingerprint density at radius 3 is 2.70 bits per heavy atom. The summed E-state index contributed by atoms with van der Waals surface area (Å²) in [5.74, 6) is 0. The Kier molecular flexibility index (Phi) is 3.14. The van der Waals surface area contributed by atoms with Crippen LogP contribution in [0, 0.1) is 0 Å². The zero-order chi connectivity index (χ0) is 7.56. The molecule has 0 aromatic carbocycles. The second-order valence-corrected chi connectivity index (χ2v) is 3.90. The average molecular weight is 209 g/mol. The normalized spacial score (nSPS) is 33.6. The van der Waals surface area contributed by atoms with E-state index in [9.17, 15) is 0 Å². The van der Waals surface area contributed by atoms with E-state index in [0.717, 1.165) is 13.0 Å². The molecule has 60 valence electrons. The second-order valence-electron chi connectivity index (χ2n) is 2.73. The zero-order valence-corrected chi connectivity index (χ0v) is 7.93. The van der Waals surface area contributed by atoms with E-state index in [-0.39, 0.29) is 12.4 Å². The molecule has 1 heterocycles. The van der Waals surface area contributed by atoms with Crippen LogP contribution in [-0.2, 0) is 9.47 Å². The van der Waals surface area contributed by atoms with Crippen molar-refractivity contribution in [3.63, 3.8) is 0 Å². The molecule has 10 heavy (non-hydrogen) atoms. The number of hydrogen-bond donors (Lipinski definition) is 0. The third-order valence-electron chi connectivity index (χ3n) is 1.38. The van der Waals surface area contributed by atoms with Gasteiger partial charge in [0.05, 0.1) is 17.5 Å². The molecular formula is C7H13BrO2. The molecule has 0 spiro atoms. The third kappa shape index (κ3) is 2.22. The number of alkyl halides is 1. The first-order valence-corrected chi connectivity index (χ1v) is 4.53. The topological polar surface area (TPSA) is 18.5 Å². The van der Waals surface area contributed by atoms with Crippen LogP contribution in [0.25, 0.3) is 0 Å². The van der Waals surface area contributed by atoms with E-state index in [2.05, 4.69) is 15.9 Å². The molecule has 1 aliphatic rings. The van der Waals surface area contributed by atoms with Gasteiger partial charge in [-0.15, -0.1) is 0 Å². The van der Waals surface area contributed by atoms with Crippen LogP contribution < -0.4 is 0 Å². The molecule has 2 nitrogen and oxygen atoms in total. The Morgan fingerprint density at radius 2 is 2.30 bits per heavy atom. The molecule has 0 aromatic heterocycles. The molecule has 2 unspecified atom stereocenters. The van der Waals surface area contributed by atoms with Crippen LogP contribution in [0.2, 0.25) is 0 Å². The fraction of sp³-hybridized carbons (Fsp3) is 1.00. The Bertz CT molecular complexity index is 106. The lowest BCUT2D eigenvalue weighted by Gasteiger charge is -2.16. The molecular weight excluding hydrogens is 196 g/mol. The fourth-order valence-corrected chi connectivity index (χ4v) is 1.39. The van der Waals surface area contributed by atoms with Crippen molar-refractivity contribution < 1.29 is 9.47 Å². The molecule has 0 aromatic rings. The highest BCUT2D eigenvalue weighted by molar-refractivity contribution is 9.09. The van der Waals surface area contributed by atoms with Gasteiger partial charge in [0, 0.05) is 0 Å². The van der Waals surface area contributed by atoms with E-state index in [4.69, 9.17) is 9.47 Å². The fourth-order valence-electron chi connectivity index (χ4n) is 0.930. The summed E-state index contributed by atoms with van der Waals surface area (Å²) in [5.41, 5.74) is 0. The molecule has 2 atom stereocenters. The lowest BCUT2D eigenvalue weighted by molar-refractivity contribution is -0.130. The average Bonchev–Trinajstić information content (AvgIpc) is 2.15. The minimum atomic E-state index is -0.0278. The largest absolute Gasteiger partial charge is 0.351 e. The van der Waals surface area contributed by atoms with E-state index >= 15 is 0 Å². The van der Waals surface area contributed by atoms with Crippen molar-refractivity contribution in [1.29, 1.82) is 0 Å². The lowest BCUT2D eigenvalue weighted by Crippen LogP contribution is -2.23. The SMILES string of the molecule is CC(C)OC1OCCC1Br. The van der Waals surface area contributed by atoms with Crippen LogP contribution in [0.4, 0.5) is 0 Å². The summed E-state index contributed by atoms with van der Waals surface area (Å²) in [6.45, 7) is 4.84. The van der Waals surface area contributed by atoms with Crippen molar-refractivity contribution in [3.8, 4) is 0 Å². The van der Waals surface area contributed by atoms with Gasteiger partial charge in [-0.1, -0.05) is 15.9 Å². The van der Waals surface area contributed by atoms with Crippen molar-refractivity contribution in [2.75, 3.05) is 6.61 Å². The van der Waals surface area contributed by atoms with Gasteiger partial charge in [-0.05, 0) is 20.3 Å². The quantitative estimate of drug-likeness (QED) is 0.647. The summed E-state index contributed by atoms with van der Waals surface area (Å²) < 4.78 is 10.8. The molecule has 1 fully saturated rings. The monoisotopic (exact) mass is 208 g/mol. The van der Waals surface area contributed by atoms with Gasteiger partial charge in [0.25, 0.3) is 0 Å².